The van der Waals surface area contributed by atoms with Crippen LogP contribution in [-0.2, 0) is 12.5 Å². The maximum absolute atomic E-state index is 14.5. The summed E-state index contributed by atoms with van der Waals surface area (Å²) in [7, 11) is 1.24. The van der Waals surface area contributed by atoms with Gasteiger partial charge in [0.05, 0.1) is 37.2 Å². The zero-order chi connectivity index (χ0) is 29.2. The molecule has 0 aliphatic carbocycles. The average Bonchev–Trinajstić information content (AvgIpc) is 2.87. The van der Waals surface area contributed by atoms with Crippen LogP contribution in [0.25, 0.3) is 0 Å². The number of rotatable bonds is 9. The molecule has 1 N–H and O–H groups in total. The molecule has 0 amide bonds. The zero-order valence-corrected chi connectivity index (χ0v) is 20.8. The van der Waals surface area contributed by atoms with Crippen LogP contribution in [0.4, 0.5) is 26.3 Å². The quantitative estimate of drug-likeness (QED) is 0.375. The Hall–Kier alpha value is -4.19. The van der Waals surface area contributed by atoms with Gasteiger partial charge in [0.1, 0.15) is 11.9 Å². The number of methoxy groups -OCH3 is 1. The van der Waals surface area contributed by atoms with Crippen LogP contribution in [0.5, 0.6) is 17.4 Å². The molecule has 15 heteroatoms. The lowest BCUT2D eigenvalue weighted by molar-refractivity contribution is -0.139. The Morgan fingerprint density at radius 2 is 1.85 bits per heavy atom. The van der Waals surface area contributed by atoms with Gasteiger partial charge >= 0.3 is 12.3 Å². The Balaban J connectivity index is 2.24. The molecule has 3 rings (SSSR count). The van der Waals surface area contributed by atoms with E-state index in [2.05, 4.69) is 15.0 Å². The van der Waals surface area contributed by atoms with Crippen LogP contribution >= 0.6 is 0 Å². The lowest BCUT2D eigenvalue weighted by Crippen LogP contribution is -2.32. The molecule has 208 valence electrons. The van der Waals surface area contributed by atoms with Crippen LogP contribution in [-0.4, -0.2) is 38.2 Å². The second-order valence-corrected chi connectivity index (χ2v) is 8.32. The summed E-state index contributed by atoms with van der Waals surface area (Å²) in [6.45, 7) is 3.66. The van der Waals surface area contributed by atoms with Crippen LogP contribution in [0.15, 0.2) is 23.3 Å². The maximum atomic E-state index is 14.5. The first-order valence-electron chi connectivity index (χ1n) is 11.1. The smallest absolute Gasteiger partial charge is 0.352 e. The van der Waals surface area contributed by atoms with Crippen molar-refractivity contribution in [3.05, 3.63) is 68.3 Å². The lowest BCUT2D eigenvalue weighted by Gasteiger charge is -2.20. The Kier molecular flexibility index (Phi) is 8.49. The van der Waals surface area contributed by atoms with E-state index in [1.807, 2.05) is 0 Å². The number of ether oxygens (including phenoxy) is 2. The van der Waals surface area contributed by atoms with E-state index in [0.717, 1.165) is 6.07 Å². The molecule has 9 nitrogen and oxygen atoms in total. The van der Waals surface area contributed by atoms with Crippen molar-refractivity contribution in [3.8, 4) is 23.4 Å². The van der Waals surface area contributed by atoms with Gasteiger partial charge in [-0.3, -0.25) is 9.36 Å². The summed E-state index contributed by atoms with van der Waals surface area (Å²) in [4.78, 5) is 24.8. The largest absolute Gasteiger partial charge is 0.481 e. The highest BCUT2D eigenvalue weighted by Gasteiger charge is 2.48. The number of aromatic nitrogens is 4. The van der Waals surface area contributed by atoms with E-state index >= 15 is 0 Å². The van der Waals surface area contributed by atoms with Crippen LogP contribution in [0, 0.1) is 25.2 Å². The molecule has 0 saturated heterocycles. The number of alkyl halides is 6. The number of nitriles is 1. The van der Waals surface area contributed by atoms with Crippen molar-refractivity contribution < 1.29 is 40.9 Å². The minimum absolute atomic E-state index is 0.00259. The van der Waals surface area contributed by atoms with Crippen molar-refractivity contribution in [2.75, 3.05) is 7.11 Å². The molecule has 0 aliphatic heterocycles. The van der Waals surface area contributed by atoms with Gasteiger partial charge in [-0.1, -0.05) is 0 Å². The molecule has 2 heterocycles. The van der Waals surface area contributed by atoms with Crippen molar-refractivity contribution in [2.24, 2.45) is 0 Å². The number of aliphatic hydroxyl groups excluding tert-OH is 1. The first-order valence-corrected chi connectivity index (χ1v) is 11.1. The third kappa shape index (κ3) is 5.80. The van der Waals surface area contributed by atoms with E-state index in [1.165, 1.54) is 27.9 Å². The fourth-order valence-electron chi connectivity index (χ4n) is 3.48. The molecule has 3 aromatic rings. The van der Waals surface area contributed by atoms with Crippen LogP contribution in [0.1, 0.15) is 58.9 Å². The molecule has 0 bridgehead atoms. The highest BCUT2D eigenvalue weighted by molar-refractivity contribution is 5.51. The number of aryl methyl sites for hydroxylation is 1. The van der Waals surface area contributed by atoms with Gasteiger partial charge in [-0.25, -0.2) is 27.5 Å². The van der Waals surface area contributed by atoms with E-state index in [9.17, 15) is 41.5 Å². The van der Waals surface area contributed by atoms with Gasteiger partial charge in [-0.05, 0) is 32.9 Å². The molecule has 0 radical (unpaired) electrons. The van der Waals surface area contributed by atoms with Crippen molar-refractivity contribution in [1.29, 1.82) is 5.26 Å². The molecule has 0 saturated carbocycles. The third-order valence-corrected chi connectivity index (χ3v) is 5.64. The number of aliphatic hydroxyl groups is 1. The number of hydrogen-bond acceptors (Lipinski definition) is 8. The van der Waals surface area contributed by atoms with Crippen molar-refractivity contribution in [3.63, 3.8) is 0 Å². The summed E-state index contributed by atoms with van der Waals surface area (Å²) in [5.41, 5.74) is -3.87. The number of hydrogen-bond donors (Lipinski definition) is 1. The minimum atomic E-state index is -4.96. The second kappa shape index (κ2) is 11.3. The van der Waals surface area contributed by atoms with Crippen LogP contribution < -0.4 is 15.0 Å². The Morgan fingerprint density at radius 1 is 1.18 bits per heavy atom. The molecular formula is C24H21F6N5O4. The summed E-state index contributed by atoms with van der Waals surface area (Å²) in [5.74, 6) is -7.01. The van der Waals surface area contributed by atoms with Gasteiger partial charge in [0.25, 0.3) is 12.0 Å². The van der Waals surface area contributed by atoms with E-state index in [-0.39, 0.29) is 34.1 Å². The molecule has 0 aliphatic rings. The van der Waals surface area contributed by atoms with Gasteiger partial charge in [-0.15, -0.1) is 0 Å². The molecule has 0 spiro atoms. The van der Waals surface area contributed by atoms with Crippen molar-refractivity contribution >= 4 is 0 Å². The predicted octanol–water partition coefficient (Wildman–Crippen LogP) is 4.72. The highest BCUT2D eigenvalue weighted by atomic mass is 19.3. The summed E-state index contributed by atoms with van der Waals surface area (Å²) >= 11 is 0. The highest BCUT2D eigenvalue weighted by Crippen LogP contribution is 2.40. The van der Waals surface area contributed by atoms with Gasteiger partial charge in [0.2, 0.25) is 11.6 Å². The number of nitrogens with zero attached hydrogens (tertiary/aromatic N) is 5. The van der Waals surface area contributed by atoms with Crippen LogP contribution in [0.2, 0.25) is 0 Å². The fraction of sp³-hybridized carbons (Fsp3) is 0.375. The monoisotopic (exact) mass is 557 g/mol. The minimum Gasteiger partial charge on any atom is -0.481 e. The average molecular weight is 557 g/mol. The van der Waals surface area contributed by atoms with E-state index < -0.39 is 59.7 Å². The molecule has 2 aromatic heterocycles. The molecular weight excluding hydrogens is 536 g/mol. The lowest BCUT2D eigenvalue weighted by atomic mass is 10.0. The summed E-state index contributed by atoms with van der Waals surface area (Å²) in [6, 6.07) is 3.19. The van der Waals surface area contributed by atoms with Crippen molar-refractivity contribution in [1.82, 2.24) is 19.5 Å². The Bertz CT molecular complexity index is 1490. The standard InChI is InChI=1S/C24H21F6N5O4/c1-10-14(7-31)5-13(19(25)26)6-16(10)39-17-18(24(29,30)23(27)28)32-9-35(22(17)37)8-15-11(2)33-20(12(3)36)34-21(15)38-4/h5-6,9,12,19,23,36H,8H2,1-4H3. The SMILES string of the molecule is COc1nc(C(C)O)nc(C)c1Cn1cnc(C(F)(F)C(F)F)c(Oc2cc(C(F)F)cc(C#N)c2C)c1=O. The van der Waals surface area contributed by atoms with E-state index in [4.69, 9.17) is 9.47 Å². The molecule has 1 aromatic carbocycles. The molecule has 1 atom stereocenters. The van der Waals surface area contributed by atoms with Crippen molar-refractivity contribution in [2.45, 2.75) is 52.2 Å². The van der Waals surface area contributed by atoms with Gasteiger partial charge in [-0.2, -0.15) is 19.0 Å². The number of benzene rings is 1. The van der Waals surface area contributed by atoms with Gasteiger partial charge in [0.15, 0.2) is 11.5 Å². The Morgan fingerprint density at radius 3 is 2.38 bits per heavy atom. The zero-order valence-electron chi connectivity index (χ0n) is 20.8. The topological polar surface area (TPSA) is 123 Å². The first kappa shape index (κ1) is 29.4. The normalized spacial score (nSPS) is 12.5. The Labute approximate surface area is 217 Å². The van der Waals surface area contributed by atoms with E-state index in [0.29, 0.717) is 17.0 Å². The fourth-order valence-corrected chi connectivity index (χ4v) is 3.48. The molecule has 0 fully saturated rings. The van der Waals surface area contributed by atoms with Crippen LogP contribution in [0.3, 0.4) is 0 Å². The second-order valence-electron chi connectivity index (χ2n) is 8.32. The molecule has 1 unspecified atom stereocenters. The third-order valence-electron chi connectivity index (χ3n) is 5.64. The first-order chi connectivity index (χ1) is 18.2. The van der Waals surface area contributed by atoms with E-state index in [1.54, 1.807) is 6.07 Å². The number of halogens is 6. The summed E-state index contributed by atoms with van der Waals surface area (Å²) in [6.07, 6.45) is -7.90. The van der Waals surface area contributed by atoms with Gasteiger partial charge < -0.3 is 14.6 Å². The summed E-state index contributed by atoms with van der Waals surface area (Å²) in [5, 5.41) is 19.0. The predicted molar refractivity (Wildman–Crippen MR) is 122 cm³/mol. The summed E-state index contributed by atoms with van der Waals surface area (Å²) < 4.78 is 93.4. The molecule has 39 heavy (non-hydrogen) atoms. The maximum Gasteiger partial charge on any atom is 0.352 e. The van der Waals surface area contributed by atoms with Gasteiger partial charge in [0, 0.05) is 16.8 Å².